The molecule has 1 N–H and O–H groups in total. The number of carbonyl (C=O) groups excluding carboxylic acids is 2. The second-order valence-corrected chi connectivity index (χ2v) is 6.04. The summed E-state index contributed by atoms with van der Waals surface area (Å²) in [5.41, 5.74) is 0.366. The smallest absolute Gasteiger partial charge is 0.311 e. The molecule has 2 aromatic rings. The Hall–Kier alpha value is -2.81. The van der Waals surface area contributed by atoms with Crippen molar-refractivity contribution in [1.29, 1.82) is 0 Å². The van der Waals surface area contributed by atoms with Crippen LogP contribution in [0.1, 0.15) is 16.1 Å². The van der Waals surface area contributed by atoms with Crippen molar-refractivity contribution >= 4 is 23.5 Å². The molecule has 1 aromatic heterocycles. The van der Waals surface area contributed by atoms with Crippen LogP contribution in [0.5, 0.6) is 11.5 Å². The van der Waals surface area contributed by atoms with Crippen molar-refractivity contribution in [2.75, 3.05) is 19.7 Å². The summed E-state index contributed by atoms with van der Waals surface area (Å²) in [7, 11) is 1.26. The van der Waals surface area contributed by atoms with Gasteiger partial charge in [0.1, 0.15) is 0 Å². The zero-order valence-corrected chi connectivity index (χ0v) is 14.1. The Balaban J connectivity index is 1.67. The van der Waals surface area contributed by atoms with Crippen molar-refractivity contribution in [1.82, 2.24) is 9.97 Å². The topological polar surface area (TPSA) is 108 Å². The molecule has 130 valence electrons. The molecule has 3 rings (SSSR count). The fourth-order valence-corrected chi connectivity index (χ4v) is 2.94. The molecule has 0 bridgehead atoms. The first-order valence-electron chi connectivity index (χ1n) is 7.28. The summed E-state index contributed by atoms with van der Waals surface area (Å²) in [5, 5.41) is 0.264. The summed E-state index contributed by atoms with van der Waals surface area (Å²) >= 11 is 1.08. The van der Waals surface area contributed by atoms with Crippen LogP contribution in [-0.4, -0.2) is 41.4 Å². The van der Waals surface area contributed by atoms with Crippen LogP contribution in [0, 0.1) is 0 Å². The van der Waals surface area contributed by atoms with Gasteiger partial charge in [0.05, 0.1) is 25.0 Å². The molecular formula is C16H14N2O6S. The predicted octanol–water partition coefficient (Wildman–Crippen LogP) is 1.19. The van der Waals surface area contributed by atoms with E-state index in [1.54, 1.807) is 18.2 Å². The summed E-state index contributed by atoms with van der Waals surface area (Å²) < 4.78 is 15.0. The molecule has 25 heavy (non-hydrogen) atoms. The largest absolute Gasteiger partial charge is 0.469 e. The zero-order chi connectivity index (χ0) is 17.8. The minimum Gasteiger partial charge on any atom is -0.469 e. The van der Waals surface area contributed by atoms with E-state index in [0.717, 1.165) is 11.8 Å². The highest BCUT2D eigenvalue weighted by molar-refractivity contribution is 7.99. The number of fused-ring (bicyclic) bond motifs is 1. The predicted molar refractivity (Wildman–Crippen MR) is 88.2 cm³/mol. The number of ketones is 1. The number of nitrogens with one attached hydrogen (secondary N) is 1. The van der Waals surface area contributed by atoms with E-state index in [1.165, 1.54) is 13.2 Å². The Labute approximate surface area is 146 Å². The fourth-order valence-electron chi connectivity index (χ4n) is 2.15. The molecule has 0 saturated carbocycles. The number of aromatic amines is 1. The van der Waals surface area contributed by atoms with Crippen molar-refractivity contribution in [3.8, 4) is 11.5 Å². The van der Waals surface area contributed by atoms with Crippen molar-refractivity contribution in [2.24, 2.45) is 0 Å². The molecule has 0 aliphatic carbocycles. The van der Waals surface area contributed by atoms with Crippen LogP contribution in [0.2, 0.25) is 0 Å². The highest BCUT2D eigenvalue weighted by Gasteiger charge is 2.17. The number of methoxy groups -OCH3 is 1. The maximum absolute atomic E-state index is 12.3. The van der Waals surface area contributed by atoms with Gasteiger partial charge in [-0.3, -0.25) is 14.4 Å². The van der Waals surface area contributed by atoms with Gasteiger partial charge in [-0.2, -0.15) is 0 Å². The summed E-state index contributed by atoms with van der Waals surface area (Å²) in [5.74, 6) is 0.563. The Bertz CT molecular complexity index is 879. The normalized spacial score (nSPS) is 12.0. The van der Waals surface area contributed by atoms with Gasteiger partial charge in [0.25, 0.3) is 5.56 Å². The highest BCUT2D eigenvalue weighted by atomic mass is 32.2. The van der Waals surface area contributed by atoms with E-state index in [1.807, 2.05) is 0 Å². The first-order valence-corrected chi connectivity index (χ1v) is 8.26. The van der Waals surface area contributed by atoms with Gasteiger partial charge in [0, 0.05) is 11.6 Å². The van der Waals surface area contributed by atoms with E-state index in [9.17, 15) is 14.4 Å². The number of aromatic nitrogens is 2. The fraction of sp³-hybridized carbons (Fsp3) is 0.250. The molecule has 0 unspecified atom stereocenters. The number of nitrogens with zero attached hydrogens (tertiary/aromatic N) is 1. The molecule has 1 aliphatic rings. The van der Waals surface area contributed by atoms with E-state index in [2.05, 4.69) is 14.7 Å². The van der Waals surface area contributed by atoms with Crippen molar-refractivity contribution in [3.63, 3.8) is 0 Å². The SMILES string of the molecule is COC(=O)Cc1cc(=O)[nH]c(SCC(=O)c2ccc3c(c2)OCO3)n1. The molecule has 8 nitrogen and oxygen atoms in total. The minimum atomic E-state index is -0.495. The lowest BCUT2D eigenvalue weighted by Gasteiger charge is -2.04. The van der Waals surface area contributed by atoms with Crippen LogP contribution < -0.4 is 15.0 Å². The second kappa shape index (κ2) is 7.39. The lowest BCUT2D eigenvalue weighted by atomic mass is 10.1. The third-order valence-corrected chi connectivity index (χ3v) is 4.23. The van der Waals surface area contributed by atoms with Crippen LogP contribution in [0.25, 0.3) is 0 Å². The second-order valence-electron chi connectivity index (χ2n) is 5.07. The van der Waals surface area contributed by atoms with Crippen molar-refractivity contribution < 1.29 is 23.8 Å². The van der Waals surface area contributed by atoms with Crippen LogP contribution in [-0.2, 0) is 16.0 Å². The zero-order valence-electron chi connectivity index (χ0n) is 13.2. The Morgan fingerprint density at radius 2 is 2.08 bits per heavy atom. The maximum Gasteiger partial charge on any atom is 0.311 e. The lowest BCUT2D eigenvalue weighted by Crippen LogP contribution is -2.14. The number of Topliss-reactive ketones (excluding diaryl/α,β-unsaturated/α-hetero) is 1. The summed E-state index contributed by atoms with van der Waals surface area (Å²) in [6.07, 6.45) is -0.107. The summed E-state index contributed by atoms with van der Waals surface area (Å²) in [4.78, 5) is 41.9. The van der Waals surface area contributed by atoms with E-state index < -0.39 is 11.5 Å². The molecule has 1 aromatic carbocycles. The van der Waals surface area contributed by atoms with Gasteiger partial charge in [-0.1, -0.05) is 11.8 Å². The molecule has 0 spiro atoms. The van der Waals surface area contributed by atoms with Crippen LogP contribution in [0.15, 0.2) is 34.2 Å². The number of carbonyl (C=O) groups is 2. The average molecular weight is 362 g/mol. The van der Waals surface area contributed by atoms with Crippen LogP contribution >= 0.6 is 11.8 Å². The van der Waals surface area contributed by atoms with E-state index in [4.69, 9.17) is 9.47 Å². The number of benzene rings is 1. The molecule has 2 heterocycles. The molecular weight excluding hydrogens is 348 g/mol. The summed E-state index contributed by atoms with van der Waals surface area (Å²) in [6.45, 7) is 0.139. The molecule has 1 aliphatic heterocycles. The minimum absolute atomic E-state index is 0.0737. The van der Waals surface area contributed by atoms with Gasteiger partial charge < -0.3 is 19.2 Å². The molecule has 0 saturated heterocycles. The number of thioether (sulfide) groups is 1. The van der Waals surface area contributed by atoms with Gasteiger partial charge in [-0.25, -0.2) is 4.98 Å². The first-order chi connectivity index (χ1) is 12.0. The van der Waals surface area contributed by atoms with Crippen molar-refractivity contribution in [2.45, 2.75) is 11.6 Å². The monoisotopic (exact) mass is 362 g/mol. The van der Waals surface area contributed by atoms with E-state index in [0.29, 0.717) is 17.1 Å². The molecule has 0 radical (unpaired) electrons. The standard InChI is InChI=1S/C16H14N2O6S/c1-22-15(21)6-10-5-14(20)18-16(17-10)25-7-11(19)9-2-3-12-13(4-9)24-8-23-12/h2-5H,6-8H2,1H3,(H,17,18,20). The van der Waals surface area contributed by atoms with Crippen molar-refractivity contribution in [3.05, 3.63) is 45.9 Å². The van der Waals surface area contributed by atoms with Gasteiger partial charge in [0.2, 0.25) is 6.79 Å². The number of rotatable bonds is 6. The number of H-pyrrole nitrogens is 1. The van der Waals surface area contributed by atoms with E-state index in [-0.39, 0.29) is 35.6 Å². The van der Waals surface area contributed by atoms with E-state index >= 15 is 0 Å². The number of hydrogen-bond donors (Lipinski definition) is 1. The average Bonchev–Trinajstić information content (AvgIpc) is 3.06. The Kier molecular flexibility index (Phi) is 5.03. The molecule has 0 amide bonds. The Morgan fingerprint density at radius 1 is 1.28 bits per heavy atom. The third-order valence-electron chi connectivity index (χ3n) is 3.36. The first kappa shape index (κ1) is 17.0. The van der Waals surface area contributed by atoms with Crippen LogP contribution in [0.4, 0.5) is 0 Å². The van der Waals surface area contributed by atoms with Gasteiger partial charge in [-0.05, 0) is 18.2 Å². The van der Waals surface area contributed by atoms with Crippen LogP contribution in [0.3, 0.4) is 0 Å². The molecule has 0 fully saturated rings. The Morgan fingerprint density at radius 3 is 2.88 bits per heavy atom. The maximum atomic E-state index is 12.3. The quantitative estimate of drug-likeness (QED) is 0.353. The molecule has 9 heteroatoms. The number of esters is 1. The van der Waals surface area contributed by atoms with Gasteiger partial charge in [0.15, 0.2) is 22.4 Å². The highest BCUT2D eigenvalue weighted by Crippen LogP contribution is 2.32. The lowest BCUT2D eigenvalue weighted by molar-refractivity contribution is -0.139. The number of hydrogen-bond acceptors (Lipinski definition) is 8. The van der Waals surface area contributed by atoms with Gasteiger partial charge >= 0.3 is 5.97 Å². The third kappa shape index (κ3) is 4.18. The van der Waals surface area contributed by atoms with Gasteiger partial charge in [-0.15, -0.1) is 0 Å². The molecule has 0 atom stereocenters. The summed E-state index contributed by atoms with van der Waals surface area (Å²) in [6, 6.07) is 6.17. The number of ether oxygens (including phenoxy) is 3.